The molecule has 0 atom stereocenters. The fraction of sp³-hybridized carbons (Fsp3) is 0.0930. The van der Waals surface area contributed by atoms with E-state index in [2.05, 4.69) is 96.4 Å². The van der Waals surface area contributed by atoms with E-state index in [-0.39, 0.29) is 0 Å². The first-order valence-corrected chi connectivity index (χ1v) is 16.8. The first-order chi connectivity index (χ1) is 24.4. The van der Waals surface area contributed by atoms with Crippen LogP contribution in [0.25, 0.3) is 89.2 Å². The molecular weight excluding hydrogens is 619 g/mol. The molecular formula is C43H31N5O2. The summed E-state index contributed by atoms with van der Waals surface area (Å²) in [5.41, 5.74) is 14.2. The van der Waals surface area contributed by atoms with Crippen LogP contribution in [0.4, 0.5) is 0 Å². The molecule has 0 N–H and O–H groups in total. The minimum Gasteiger partial charge on any atom is -0.436 e. The van der Waals surface area contributed by atoms with Crippen molar-refractivity contribution in [1.29, 1.82) is 0 Å². The molecule has 0 aliphatic heterocycles. The first kappa shape index (κ1) is 28.5. The van der Waals surface area contributed by atoms with Crippen LogP contribution in [-0.2, 0) is 0 Å². The fourth-order valence-electron chi connectivity index (χ4n) is 7.54. The molecule has 50 heavy (non-hydrogen) atoms. The summed E-state index contributed by atoms with van der Waals surface area (Å²) in [5.74, 6) is 1.14. The number of para-hydroxylation sites is 4. The lowest BCUT2D eigenvalue weighted by Crippen LogP contribution is -1.99. The molecule has 0 spiro atoms. The van der Waals surface area contributed by atoms with Crippen LogP contribution in [0.2, 0.25) is 0 Å². The van der Waals surface area contributed by atoms with Gasteiger partial charge in [-0.2, -0.15) is 0 Å². The Labute approximate surface area is 287 Å². The van der Waals surface area contributed by atoms with Crippen LogP contribution in [0.15, 0.2) is 124 Å². The van der Waals surface area contributed by atoms with Gasteiger partial charge in [-0.25, -0.2) is 15.0 Å². The summed E-state index contributed by atoms with van der Waals surface area (Å²) in [6, 6.07) is 37.4. The van der Waals surface area contributed by atoms with Crippen molar-refractivity contribution in [3.05, 3.63) is 138 Å². The third kappa shape index (κ3) is 4.07. The van der Waals surface area contributed by atoms with Gasteiger partial charge in [-0.3, -0.25) is 0 Å². The lowest BCUT2D eigenvalue weighted by atomic mass is 10.0. The van der Waals surface area contributed by atoms with Crippen molar-refractivity contribution in [1.82, 2.24) is 24.1 Å². The summed E-state index contributed by atoms with van der Waals surface area (Å²) in [7, 11) is 0. The molecule has 10 aromatic rings. The van der Waals surface area contributed by atoms with Gasteiger partial charge >= 0.3 is 0 Å². The average molecular weight is 650 g/mol. The van der Waals surface area contributed by atoms with E-state index < -0.39 is 0 Å². The zero-order valence-electron chi connectivity index (χ0n) is 28.0. The van der Waals surface area contributed by atoms with Crippen molar-refractivity contribution in [3.63, 3.8) is 0 Å². The average Bonchev–Trinajstić information content (AvgIpc) is 3.91. The molecule has 10 rings (SSSR count). The molecule has 0 aliphatic carbocycles. The molecule has 0 saturated heterocycles. The third-order valence-electron chi connectivity index (χ3n) is 10.3. The second-order valence-corrected chi connectivity index (χ2v) is 13.0. The molecule has 0 aliphatic rings. The maximum atomic E-state index is 6.06. The number of nitrogens with zero attached hydrogens (tertiary/aromatic N) is 5. The van der Waals surface area contributed by atoms with E-state index >= 15 is 0 Å². The molecule has 0 radical (unpaired) electrons. The highest BCUT2D eigenvalue weighted by atomic mass is 16.4. The second kappa shape index (κ2) is 10.5. The van der Waals surface area contributed by atoms with E-state index in [1.165, 1.54) is 55.1 Å². The number of rotatable bonds is 4. The van der Waals surface area contributed by atoms with Gasteiger partial charge < -0.3 is 18.0 Å². The lowest BCUT2D eigenvalue weighted by molar-refractivity contribution is 0.616. The Kier molecular flexibility index (Phi) is 6.00. The van der Waals surface area contributed by atoms with E-state index in [0.717, 1.165) is 39.1 Å². The molecule has 7 heteroatoms. The van der Waals surface area contributed by atoms with Gasteiger partial charge in [0.25, 0.3) is 0 Å². The van der Waals surface area contributed by atoms with Crippen LogP contribution in [0.5, 0.6) is 0 Å². The second-order valence-electron chi connectivity index (χ2n) is 13.0. The minimum atomic E-state index is 0.518. The molecule has 7 nitrogen and oxygen atoms in total. The smallest absolute Gasteiger partial charge is 0.246 e. The highest BCUT2D eigenvalue weighted by molar-refractivity contribution is 6.17. The molecule has 0 bridgehead atoms. The first-order valence-electron chi connectivity index (χ1n) is 16.8. The van der Waals surface area contributed by atoms with Crippen molar-refractivity contribution in [2.75, 3.05) is 0 Å². The van der Waals surface area contributed by atoms with Gasteiger partial charge in [0.1, 0.15) is 16.7 Å². The van der Waals surface area contributed by atoms with Gasteiger partial charge in [0.05, 0.1) is 22.9 Å². The number of hydrogen-bond donors (Lipinski definition) is 0. The summed E-state index contributed by atoms with van der Waals surface area (Å²) in [5, 5.41) is 4.86. The van der Waals surface area contributed by atoms with E-state index in [4.69, 9.17) is 18.8 Å². The summed E-state index contributed by atoms with van der Waals surface area (Å²) in [4.78, 5) is 14.2. The van der Waals surface area contributed by atoms with Crippen molar-refractivity contribution >= 4 is 54.8 Å². The van der Waals surface area contributed by atoms with Crippen LogP contribution in [0.3, 0.4) is 0 Å². The molecule has 0 unspecified atom stereocenters. The summed E-state index contributed by atoms with van der Waals surface area (Å²) >= 11 is 0. The van der Waals surface area contributed by atoms with Gasteiger partial charge in [0.2, 0.25) is 11.8 Å². The number of aryl methyl sites for hydroxylation is 2. The number of pyridine rings is 1. The van der Waals surface area contributed by atoms with Gasteiger partial charge in [-0.1, -0.05) is 48.5 Å². The lowest BCUT2D eigenvalue weighted by Gasteiger charge is -2.13. The Morgan fingerprint density at radius 3 is 1.54 bits per heavy atom. The normalized spacial score (nSPS) is 12.0. The van der Waals surface area contributed by atoms with E-state index in [0.29, 0.717) is 17.5 Å². The standard InChI is InChI=1S/C43H31N5O2/c1-24-26(3)47(29-15-13-28(14-16-29)42-45-35-9-5-7-11-38(35)49-42)40-31(24)18-21-34-33(40)20-19-32-25(2)27(4)48(41(32)34)30-17-22-37(44-23-30)43-46-36-10-6-8-12-39(36)50-43/h5-23H,1-4H3. The van der Waals surface area contributed by atoms with Crippen LogP contribution >= 0.6 is 0 Å². The highest BCUT2D eigenvalue weighted by Gasteiger charge is 2.21. The Morgan fingerprint density at radius 2 is 0.980 bits per heavy atom. The Hall–Kier alpha value is -6.47. The Balaban J connectivity index is 1.13. The molecule has 0 fully saturated rings. The van der Waals surface area contributed by atoms with Crippen molar-refractivity contribution in [2.45, 2.75) is 27.7 Å². The molecule has 0 amide bonds. The van der Waals surface area contributed by atoms with Gasteiger partial charge in [0, 0.05) is 44.2 Å². The Bertz CT molecular complexity index is 2690. The molecule has 5 heterocycles. The quantitative estimate of drug-likeness (QED) is 0.190. The SMILES string of the molecule is Cc1c(C)n(-c2ccc(-c3nc4ccccc4o3)cc2)c2c1ccc1c2ccc2c(C)c(C)n(-c3ccc(-c4nc5ccccc5o4)nc3)c21. The molecule has 0 saturated carbocycles. The van der Waals surface area contributed by atoms with Crippen LogP contribution < -0.4 is 0 Å². The zero-order valence-corrected chi connectivity index (χ0v) is 28.0. The predicted molar refractivity (Wildman–Crippen MR) is 200 cm³/mol. The third-order valence-corrected chi connectivity index (χ3v) is 10.3. The largest absolute Gasteiger partial charge is 0.436 e. The number of fused-ring (bicyclic) bond motifs is 7. The zero-order chi connectivity index (χ0) is 33.7. The van der Waals surface area contributed by atoms with Gasteiger partial charge in [0.15, 0.2) is 11.2 Å². The Morgan fingerprint density at radius 1 is 0.480 bits per heavy atom. The monoisotopic (exact) mass is 649 g/mol. The summed E-state index contributed by atoms with van der Waals surface area (Å²) in [6.45, 7) is 8.81. The highest BCUT2D eigenvalue weighted by Crippen LogP contribution is 2.40. The fourth-order valence-corrected chi connectivity index (χ4v) is 7.54. The summed E-state index contributed by atoms with van der Waals surface area (Å²) < 4.78 is 16.8. The predicted octanol–water partition coefficient (Wildman–Crippen LogP) is 11.0. The number of aromatic nitrogens is 5. The van der Waals surface area contributed by atoms with Crippen molar-refractivity contribution < 1.29 is 8.83 Å². The topological polar surface area (TPSA) is 74.8 Å². The number of oxazole rings is 2. The summed E-state index contributed by atoms with van der Waals surface area (Å²) in [6.07, 6.45) is 1.92. The maximum Gasteiger partial charge on any atom is 0.246 e. The van der Waals surface area contributed by atoms with Gasteiger partial charge in [-0.15, -0.1) is 0 Å². The van der Waals surface area contributed by atoms with Crippen molar-refractivity contribution in [2.24, 2.45) is 0 Å². The van der Waals surface area contributed by atoms with E-state index in [1.807, 2.05) is 60.8 Å². The number of hydrogen-bond acceptors (Lipinski definition) is 5. The van der Waals surface area contributed by atoms with Crippen LogP contribution in [0, 0.1) is 27.7 Å². The number of benzene rings is 5. The molecule has 240 valence electrons. The van der Waals surface area contributed by atoms with Crippen LogP contribution in [0.1, 0.15) is 22.5 Å². The van der Waals surface area contributed by atoms with Gasteiger partial charge in [-0.05, 0) is 99.5 Å². The maximum absolute atomic E-state index is 6.06. The molecule has 5 aromatic heterocycles. The van der Waals surface area contributed by atoms with Crippen LogP contribution in [-0.4, -0.2) is 24.1 Å². The van der Waals surface area contributed by atoms with E-state index in [9.17, 15) is 0 Å². The molecule has 5 aromatic carbocycles. The minimum absolute atomic E-state index is 0.518. The van der Waals surface area contributed by atoms with E-state index in [1.54, 1.807) is 0 Å². The van der Waals surface area contributed by atoms with Crippen molar-refractivity contribution in [3.8, 4) is 34.4 Å².